The summed E-state index contributed by atoms with van der Waals surface area (Å²) < 4.78 is 0. The minimum absolute atomic E-state index is 0.201. The first kappa shape index (κ1) is 14.2. The van der Waals surface area contributed by atoms with Crippen molar-refractivity contribution in [3.05, 3.63) is 0 Å². The zero-order valence-corrected chi connectivity index (χ0v) is 11.8. The van der Waals surface area contributed by atoms with Crippen LogP contribution in [0, 0.1) is 11.8 Å². The highest BCUT2D eigenvalue weighted by Crippen LogP contribution is 2.31. The number of hydrogen-bond donors (Lipinski definition) is 2. The molecular formula is C14H24N2O3. The summed E-state index contributed by atoms with van der Waals surface area (Å²) in [4.78, 5) is 25.4. The average molecular weight is 268 g/mol. The molecule has 5 heteroatoms. The van der Waals surface area contributed by atoms with E-state index in [2.05, 4.69) is 19.2 Å². The topological polar surface area (TPSA) is 69.6 Å². The van der Waals surface area contributed by atoms with Gasteiger partial charge in [0.05, 0.1) is 0 Å². The molecule has 1 atom stereocenters. The van der Waals surface area contributed by atoms with Crippen molar-refractivity contribution in [1.82, 2.24) is 10.2 Å². The fourth-order valence-electron chi connectivity index (χ4n) is 3.17. The number of carboxylic acid groups (broad SMARTS) is 1. The van der Waals surface area contributed by atoms with E-state index in [0.29, 0.717) is 24.7 Å². The number of urea groups is 1. The minimum Gasteiger partial charge on any atom is -0.480 e. The number of nitrogens with one attached hydrogen (secondary N) is 1. The van der Waals surface area contributed by atoms with Crippen LogP contribution in [0.25, 0.3) is 0 Å². The maximum absolute atomic E-state index is 12.2. The maximum atomic E-state index is 12.2. The minimum atomic E-state index is -1.02. The highest BCUT2D eigenvalue weighted by atomic mass is 16.4. The lowest BCUT2D eigenvalue weighted by atomic mass is 9.95. The van der Waals surface area contributed by atoms with Crippen molar-refractivity contribution in [2.75, 3.05) is 13.1 Å². The Labute approximate surface area is 114 Å². The summed E-state index contributed by atoms with van der Waals surface area (Å²) in [5.41, 5.74) is -1.02. The molecule has 0 aromatic heterocycles. The second-order valence-corrected chi connectivity index (χ2v) is 6.26. The predicted molar refractivity (Wildman–Crippen MR) is 71.9 cm³/mol. The lowest BCUT2D eigenvalue weighted by Gasteiger charge is -2.28. The van der Waals surface area contributed by atoms with Gasteiger partial charge in [0, 0.05) is 13.1 Å². The standard InChI is InChI=1S/C14H24N2O3/c1-10(2)11-5-8-16(9-11)13(19)15-14(12(17)18)6-3-4-7-14/h10-11H,3-9H2,1-2H3,(H,15,19)(H,17,18). The van der Waals surface area contributed by atoms with E-state index in [-0.39, 0.29) is 6.03 Å². The van der Waals surface area contributed by atoms with Crippen molar-refractivity contribution in [2.24, 2.45) is 11.8 Å². The number of rotatable bonds is 3. The Morgan fingerprint density at radius 2 is 1.95 bits per heavy atom. The summed E-state index contributed by atoms with van der Waals surface area (Å²) in [6.45, 7) is 5.83. The number of carbonyl (C=O) groups excluding carboxylic acids is 1. The van der Waals surface area contributed by atoms with Crippen LogP contribution in [0.2, 0.25) is 0 Å². The van der Waals surface area contributed by atoms with Crippen molar-refractivity contribution in [3.8, 4) is 0 Å². The van der Waals surface area contributed by atoms with E-state index in [0.717, 1.165) is 32.4 Å². The summed E-state index contributed by atoms with van der Waals surface area (Å²) >= 11 is 0. The van der Waals surface area contributed by atoms with Crippen molar-refractivity contribution in [1.29, 1.82) is 0 Å². The number of likely N-dealkylation sites (tertiary alicyclic amines) is 1. The Bertz CT molecular complexity index is 362. The predicted octanol–water partition coefficient (Wildman–Crippen LogP) is 2.07. The Balaban J connectivity index is 1.96. The molecule has 108 valence electrons. The molecule has 1 aliphatic heterocycles. The zero-order valence-electron chi connectivity index (χ0n) is 11.8. The second kappa shape index (κ2) is 5.39. The molecule has 1 aliphatic carbocycles. The molecule has 1 saturated heterocycles. The number of hydrogen-bond acceptors (Lipinski definition) is 2. The lowest BCUT2D eigenvalue weighted by Crippen LogP contribution is -2.56. The summed E-state index contributed by atoms with van der Waals surface area (Å²) in [5, 5.41) is 12.1. The van der Waals surface area contributed by atoms with Gasteiger partial charge in [0.15, 0.2) is 0 Å². The van der Waals surface area contributed by atoms with Gasteiger partial charge in [-0.25, -0.2) is 9.59 Å². The molecule has 0 aromatic rings. The molecule has 1 unspecified atom stereocenters. The summed E-state index contributed by atoms with van der Waals surface area (Å²) in [7, 11) is 0. The third kappa shape index (κ3) is 2.85. The first-order valence-electron chi connectivity index (χ1n) is 7.25. The molecule has 2 aliphatic rings. The van der Waals surface area contributed by atoms with Gasteiger partial charge in [-0.05, 0) is 31.1 Å². The first-order chi connectivity index (χ1) is 8.94. The molecule has 2 amide bonds. The molecule has 19 heavy (non-hydrogen) atoms. The van der Waals surface area contributed by atoms with Crippen LogP contribution < -0.4 is 5.32 Å². The molecule has 0 aromatic carbocycles. The Morgan fingerprint density at radius 3 is 2.42 bits per heavy atom. The lowest BCUT2D eigenvalue weighted by molar-refractivity contribution is -0.144. The summed E-state index contributed by atoms with van der Waals surface area (Å²) in [5.74, 6) is 0.214. The number of carboxylic acids is 1. The van der Waals surface area contributed by atoms with Gasteiger partial charge in [-0.2, -0.15) is 0 Å². The molecule has 1 saturated carbocycles. The van der Waals surface area contributed by atoms with Crippen LogP contribution in [0.1, 0.15) is 46.0 Å². The summed E-state index contributed by atoms with van der Waals surface area (Å²) in [6, 6.07) is -0.201. The Hall–Kier alpha value is -1.26. The van der Waals surface area contributed by atoms with Crippen LogP contribution in [-0.4, -0.2) is 40.6 Å². The molecule has 0 spiro atoms. The number of carbonyl (C=O) groups is 2. The van der Waals surface area contributed by atoms with Gasteiger partial charge in [-0.3, -0.25) is 0 Å². The highest BCUT2D eigenvalue weighted by Gasteiger charge is 2.44. The molecule has 2 N–H and O–H groups in total. The van der Waals surface area contributed by atoms with Crippen LogP contribution in [-0.2, 0) is 4.79 Å². The van der Waals surface area contributed by atoms with Gasteiger partial charge in [-0.15, -0.1) is 0 Å². The van der Waals surface area contributed by atoms with Crippen molar-refractivity contribution in [2.45, 2.75) is 51.5 Å². The smallest absolute Gasteiger partial charge is 0.329 e. The number of amides is 2. The van der Waals surface area contributed by atoms with Crippen molar-refractivity contribution >= 4 is 12.0 Å². The van der Waals surface area contributed by atoms with E-state index in [1.165, 1.54) is 0 Å². The van der Waals surface area contributed by atoms with E-state index in [9.17, 15) is 14.7 Å². The second-order valence-electron chi connectivity index (χ2n) is 6.26. The molecular weight excluding hydrogens is 244 g/mol. The van der Waals surface area contributed by atoms with Gasteiger partial charge in [0.2, 0.25) is 0 Å². The fraction of sp³-hybridized carbons (Fsp3) is 0.857. The first-order valence-corrected chi connectivity index (χ1v) is 7.25. The molecule has 2 fully saturated rings. The van der Waals surface area contributed by atoms with Crippen molar-refractivity contribution < 1.29 is 14.7 Å². The highest BCUT2D eigenvalue weighted by molar-refractivity contribution is 5.86. The zero-order chi connectivity index (χ0) is 14.0. The van der Waals surface area contributed by atoms with Gasteiger partial charge in [-0.1, -0.05) is 26.7 Å². The third-order valence-electron chi connectivity index (χ3n) is 4.67. The normalized spacial score (nSPS) is 25.8. The van der Waals surface area contributed by atoms with E-state index >= 15 is 0 Å². The van der Waals surface area contributed by atoms with Gasteiger partial charge < -0.3 is 15.3 Å². The summed E-state index contributed by atoms with van der Waals surface area (Å²) in [6.07, 6.45) is 3.87. The molecule has 5 nitrogen and oxygen atoms in total. The number of aliphatic carboxylic acids is 1. The Kier molecular flexibility index (Phi) is 4.02. The van der Waals surface area contributed by atoms with E-state index < -0.39 is 11.5 Å². The van der Waals surface area contributed by atoms with Gasteiger partial charge in [0.25, 0.3) is 0 Å². The van der Waals surface area contributed by atoms with Crippen LogP contribution in [0.15, 0.2) is 0 Å². The fourth-order valence-corrected chi connectivity index (χ4v) is 3.17. The molecule has 1 heterocycles. The van der Waals surface area contributed by atoms with Crippen LogP contribution in [0.5, 0.6) is 0 Å². The monoisotopic (exact) mass is 268 g/mol. The van der Waals surface area contributed by atoms with E-state index in [1.807, 2.05) is 0 Å². The van der Waals surface area contributed by atoms with Crippen molar-refractivity contribution in [3.63, 3.8) is 0 Å². The SMILES string of the molecule is CC(C)C1CCN(C(=O)NC2(C(=O)O)CCCC2)C1. The van der Waals surface area contributed by atoms with E-state index in [4.69, 9.17) is 0 Å². The van der Waals surface area contributed by atoms with Crippen LogP contribution in [0.3, 0.4) is 0 Å². The van der Waals surface area contributed by atoms with Gasteiger partial charge in [0.1, 0.15) is 5.54 Å². The van der Waals surface area contributed by atoms with E-state index in [1.54, 1.807) is 4.90 Å². The van der Waals surface area contributed by atoms with Crippen LogP contribution in [0.4, 0.5) is 4.79 Å². The quantitative estimate of drug-likeness (QED) is 0.823. The van der Waals surface area contributed by atoms with Crippen LogP contribution >= 0.6 is 0 Å². The van der Waals surface area contributed by atoms with Gasteiger partial charge >= 0.3 is 12.0 Å². The largest absolute Gasteiger partial charge is 0.480 e. The molecule has 0 bridgehead atoms. The molecule has 2 rings (SSSR count). The Morgan fingerprint density at radius 1 is 1.32 bits per heavy atom. The number of nitrogens with zero attached hydrogens (tertiary/aromatic N) is 1. The average Bonchev–Trinajstić information content (AvgIpc) is 2.97. The maximum Gasteiger partial charge on any atom is 0.329 e. The third-order valence-corrected chi connectivity index (χ3v) is 4.67. The molecule has 0 radical (unpaired) electrons.